The second kappa shape index (κ2) is 6.88. The molecule has 2 unspecified atom stereocenters. The van der Waals surface area contributed by atoms with Crippen molar-refractivity contribution < 1.29 is 4.39 Å². The molecule has 1 aliphatic rings. The van der Waals surface area contributed by atoms with Crippen molar-refractivity contribution in [1.29, 1.82) is 0 Å². The molecular formula is C15H22FIN2. The van der Waals surface area contributed by atoms with Crippen LogP contribution in [0.15, 0.2) is 18.2 Å². The summed E-state index contributed by atoms with van der Waals surface area (Å²) < 4.78 is 14.2. The van der Waals surface area contributed by atoms with E-state index in [1.807, 2.05) is 6.07 Å². The summed E-state index contributed by atoms with van der Waals surface area (Å²) in [4.78, 5) is 2.38. The van der Waals surface area contributed by atoms with E-state index in [1.165, 1.54) is 12.1 Å². The quantitative estimate of drug-likeness (QED) is 0.808. The topological polar surface area (TPSA) is 15.3 Å². The zero-order chi connectivity index (χ0) is 13.8. The molecule has 1 heterocycles. The van der Waals surface area contributed by atoms with E-state index in [-0.39, 0.29) is 5.82 Å². The third-order valence-electron chi connectivity index (χ3n) is 3.81. The molecule has 0 aromatic heterocycles. The van der Waals surface area contributed by atoms with Crippen LogP contribution >= 0.6 is 22.6 Å². The van der Waals surface area contributed by atoms with E-state index in [2.05, 4.69) is 46.7 Å². The summed E-state index contributed by atoms with van der Waals surface area (Å²) in [5, 5.41) is 3.63. The van der Waals surface area contributed by atoms with Crippen LogP contribution in [0.4, 0.5) is 10.1 Å². The molecule has 1 saturated heterocycles. The highest BCUT2D eigenvalue weighted by molar-refractivity contribution is 14.1. The van der Waals surface area contributed by atoms with Crippen molar-refractivity contribution in [2.45, 2.75) is 32.7 Å². The first-order valence-electron chi connectivity index (χ1n) is 7.05. The zero-order valence-corrected chi connectivity index (χ0v) is 13.8. The molecule has 19 heavy (non-hydrogen) atoms. The van der Waals surface area contributed by atoms with Gasteiger partial charge in [0.1, 0.15) is 5.82 Å². The lowest BCUT2D eigenvalue weighted by molar-refractivity contribution is 0.322. The van der Waals surface area contributed by atoms with Gasteiger partial charge in [0.05, 0.1) is 5.69 Å². The molecule has 0 saturated carbocycles. The van der Waals surface area contributed by atoms with Gasteiger partial charge in [-0.25, -0.2) is 4.39 Å². The third kappa shape index (κ3) is 3.81. The number of nitrogens with one attached hydrogen (secondary N) is 1. The maximum Gasteiger partial charge on any atom is 0.124 e. The number of anilines is 1. The molecule has 0 bridgehead atoms. The lowest BCUT2D eigenvalue weighted by Crippen LogP contribution is -2.48. The summed E-state index contributed by atoms with van der Waals surface area (Å²) in [7, 11) is 0. The molecule has 0 amide bonds. The summed E-state index contributed by atoms with van der Waals surface area (Å²) in [5.74, 6) is 0.474. The van der Waals surface area contributed by atoms with Crippen LogP contribution in [0.5, 0.6) is 0 Å². The Morgan fingerprint density at radius 3 is 2.89 bits per heavy atom. The first-order valence-corrected chi connectivity index (χ1v) is 8.13. The number of benzene rings is 1. The molecule has 2 rings (SSSR count). The van der Waals surface area contributed by atoms with Gasteiger partial charge < -0.3 is 10.2 Å². The van der Waals surface area contributed by atoms with Gasteiger partial charge in [-0.05, 0) is 66.1 Å². The van der Waals surface area contributed by atoms with Gasteiger partial charge in [-0.1, -0.05) is 13.8 Å². The fourth-order valence-electron chi connectivity index (χ4n) is 2.74. The van der Waals surface area contributed by atoms with Crippen LogP contribution in [0, 0.1) is 15.3 Å². The van der Waals surface area contributed by atoms with Crippen molar-refractivity contribution in [3.05, 3.63) is 27.6 Å². The average Bonchev–Trinajstić information content (AvgIpc) is 2.37. The van der Waals surface area contributed by atoms with Crippen molar-refractivity contribution >= 4 is 28.3 Å². The van der Waals surface area contributed by atoms with Crippen LogP contribution in [-0.4, -0.2) is 25.7 Å². The highest BCUT2D eigenvalue weighted by atomic mass is 127. The van der Waals surface area contributed by atoms with Crippen molar-refractivity contribution in [2.75, 3.05) is 24.5 Å². The van der Waals surface area contributed by atoms with E-state index in [4.69, 9.17) is 0 Å². The second-order valence-corrected chi connectivity index (χ2v) is 6.53. The van der Waals surface area contributed by atoms with Crippen LogP contribution in [-0.2, 0) is 0 Å². The molecule has 2 nitrogen and oxygen atoms in total. The number of rotatable bonds is 4. The molecule has 4 heteroatoms. The number of nitrogens with zero attached hydrogens (tertiary/aromatic N) is 1. The van der Waals surface area contributed by atoms with Crippen LogP contribution < -0.4 is 10.2 Å². The van der Waals surface area contributed by atoms with E-state index in [0.29, 0.717) is 12.0 Å². The first kappa shape index (κ1) is 15.0. The molecule has 1 fully saturated rings. The summed E-state index contributed by atoms with van der Waals surface area (Å²) in [5.41, 5.74) is 1.17. The SMILES string of the molecule is CCCNC1CCN(c2ccc(F)cc2I)CC1C. The van der Waals surface area contributed by atoms with E-state index >= 15 is 0 Å². The number of hydrogen-bond acceptors (Lipinski definition) is 2. The highest BCUT2D eigenvalue weighted by Crippen LogP contribution is 2.28. The lowest BCUT2D eigenvalue weighted by atomic mass is 9.93. The van der Waals surface area contributed by atoms with E-state index in [0.717, 1.165) is 29.6 Å². The smallest absolute Gasteiger partial charge is 0.124 e. The second-order valence-electron chi connectivity index (χ2n) is 5.37. The number of hydrogen-bond donors (Lipinski definition) is 1. The van der Waals surface area contributed by atoms with E-state index in [1.54, 1.807) is 12.1 Å². The van der Waals surface area contributed by atoms with Crippen LogP contribution in [0.25, 0.3) is 0 Å². The first-order chi connectivity index (χ1) is 9.11. The Morgan fingerprint density at radius 2 is 2.26 bits per heavy atom. The molecule has 0 spiro atoms. The zero-order valence-electron chi connectivity index (χ0n) is 11.6. The molecule has 0 aliphatic carbocycles. The van der Waals surface area contributed by atoms with E-state index < -0.39 is 0 Å². The van der Waals surface area contributed by atoms with Crippen LogP contribution in [0.2, 0.25) is 0 Å². The average molecular weight is 376 g/mol. The van der Waals surface area contributed by atoms with Gasteiger partial charge in [-0.15, -0.1) is 0 Å². The molecule has 106 valence electrons. The van der Waals surface area contributed by atoms with Crippen LogP contribution in [0.1, 0.15) is 26.7 Å². The molecule has 1 aliphatic heterocycles. The van der Waals surface area contributed by atoms with Gasteiger partial charge in [-0.3, -0.25) is 0 Å². The normalized spacial score (nSPS) is 23.7. The largest absolute Gasteiger partial charge is 0.370 e. The van der Waals surface area contributed by atoms with Gasteiger partial charge in [0.25, 0.3) is 0 Å². The lowest BCUT2D eigenvalue weighted by Gasteiger charge is -2.39. The minimum Gasteiger partial charge on any atom is -0.370 e. The minimum absolute atomic E-state index is 0.152. The summed E-state index contributed by atoms with van der Waals surface area (Å²) >= 11 is 2.23. The Balaban J connectivity index is 2.01. The third-order valence-corrected chi connectivity index (χ3v) is 4.68. The summed E-state index contributed by atoms with van der Waals surface area (Å²) in [6.07, 6.45) is 2.34. The number of piperidine rings is 1. The van der Waals surface area contributed by atoms with Gasteiger partial charge in [-0.2, -0.15) is 0 Å². The monoisotopic (exact) mass is 376 g/mol. The molecular weight excluding hydrogens is 354 g/mol. The molecule has 1 aromatic rings. The maximum atomic E-state index is 13.2. The summed E-state index contributed by atoms with van der Waals surface area (Å²) in [6.45, 7) is 7.70. The van der Waals surface area contributed by atoms with Crippen molar-refractivity contribution in [3.8, 4) is 0 Å². The van der Waals surface area contributed by atoms with Gasteiger partial charge >= 0.3 is 0 Å². The molecule has 2 atom stereocenters. The van der Waals surface area contributed by atoms with Crippen molar-refractivity contribution in [3.63, 3.8) is 0 Å². The Kier molecular flexibility index (Phi) is 5.45. The number of halogens is 2. The Hall–Kier alpha value is -0.360. The van der Waals surface area contributed by atoms with E-state index in [9.17, 15) is 4.39 Å². The fraction of sp³-hybridized carbons (Fsp3) is 0.600. The fourth-order valence-corrected chi connectivity index (χ4v) is 3.55. The Labute approximate surface area is 128 Å². The Bertz CT molecular complexity index is 425. The van der Waals surface area contributed by atoms with Gasteiger partial charge in [0.2, 0.25) is 0 Å². The molecule has 1 aromatic carbocycles. The standard InChI is InChI=1S/C15H22FIN2/c1-3-7-18-14-6-8-19(10-11(14)2)15-5-4-12(16)9-13(15)17/h4-5,9,11,14,18H,3,6-8,10H2,1-2H3. The minimum atomic E-state index is -0.152. The maximum absolute atomic E-state index is 13.2. The highest BCUT2D eigenvalue weighted by Gasteiger charge is 2.26. The summed E-state index contributed by atoms with van der Waals surface area (Å²) in [6, 6.07) is 5.70. The van der Waals surface area contributed by atoms with Gasteiger partial charge in [0.15, 0.2) is 0 Å². The predicted octanol–water partition coefficient (Wildman–Crippen LogP) is 3.64. The molecule has 0 radical (unpaired) electrons. The Morgan fingerprint density at radius 1 is 1.47 bits per heavy atom. The molecule has 1 N–H and O–H groups in total. The van der Waals surface area contributed by atoms with Crippen LogP contribution in [0.3, 0.4) is 0 Å². The van der Waals surface area contributed by atoms with Gasteiger partial charge in [0, 0.05) is 22.7 Å². The van der Waals surface area contributed by atoms with Crippen molar-refractivity contribution in [1.82, 2.24) is 5.32 Å². The predicted molar refractivity (Wildman–Crippen MR) is 87.2 cm³/mol. The van der Waals surface area contributed by atoms with Crippen molar-refractivity contribution in [2.24, 2.45) is 5.92 Å².